The molecule has 0 N–H and O–H groups in total. The van der Waals surface area contributed by atoms with Gasteiger partial charge in [-0.3, -0.25) is 4.79 Å². The van der Waals surface area contributed by atoms with Crippen LogP contribution in [0.3, 0.4) is 0 Å². The molecule has 24 heavy (non-hydrogen) atoms. The minimum atomic E-state index is -0.702. The first-order valence-electron chi connectivity index (χ1n) is 8.15. The number of hydrogen-bond donors (Lipinski definition) is 0. The second-order valence-electron chi connectivity index (χ2n) is 6.95. The average Bonchev–Trinajstić information content (AvgIpc) is 2.54. The number of hydrogen-bond acceptors (Lipinski definition) is 1. The number of alkyl halides is 1. The molecule has 0 aromatic heterocycles. The predicted octanol–water partition coefficient (Wildman–Crippen LogP) is 5.50. The Morgan fingerprint density at radius 1 is 1.08 bits per heavy atom. The molecule has 3 heteroatoms. The van der Waals surface area contributed by atoms with Gasteiger partial charge in [0.1, 0.15) is 5.38 Å². The molecule has 2 aromatic carbocycles. The van der Waals surface area contributed by atoms with E-state index in [2.05, 4.69) is 26.0 Å². The molecule has 0 aliphatic carbocycles. The highest BCUT2D eigenvalue weighted by Crippen LogP contribution is 2.41. The highest BCUT2D eigenvalue weighted by Gasteiger charge is 2.38. The van der Waals surface area contributed by atoms with E-state index in [1.807, 2.05) is 61.2 Å². The molecule has 1 amide bonds. The Labute approximate surface area is 148 Å². The van der Waals surface area contributed by atoms with E-state index in [0.717, 1.165) is 16.8 Å². The molecule has 0 bridgehead atoms. The van der Waals surface area contributed by atoms with Crippen LogP contribution in [-0.4, -0.2) is 11.4 Å². The number of benzene rings is 2. The summed E-state index contributed by atoms with van der Waals surface area (Å²) in [6.45, 7) is 8.25. The molecule has 0 fully saturated rings. The van der Waals surface area contributed by atoms with Crippen LogP contribution in [0, 0.1) is 6.92 Å². The van der Waals surface area contributed by atoms with Crippen molar-refractivity contribution >= 4 is 28.8 Å². The van der Waals surface area contributed by atoms with Crippen LogP contribution >= 0.6 is 11.6 Å². The highest BCUT2D eigenvalue weighted by atomic mass is 35.5. The number of fused-ring (bicyclic) bond motifs is 1. The third kappa shape index (κ3) is 2.87. The van der Waals surface area contributed by atoms with Crippen LogP contribution < -0.4 is 4.90 Å². The van der Waals surface area contributed by atoms with Gasteiger partial charge in [-0.05, 0) is 51.0 Å². The lowest BCUT2D eigenvalue weighted by atomic mass is 9.87. The Morgan fingerprint density at radius 3 is 2.42 bits per heavy atom. The lowest BCUT2D eigenvalue weighted by Gasteiger charge is -2.42. The summed E-state index contributed by atoms with van der Waals surface area (Å²) in [5.41, 5.74) is 4.79. The molecule has 0 saturated carbocycles. The van der Waals surface area contributed by atoms with Gasteiger partial charge >= 0.3 is 0 Å². The number of nitrogens with zero attached hydrogens (tertiary/aromatic N) is 1. The molecule has 2 aromatic rings. The second kappa shape index (κ2) is 6.10. The molecule has 0 unspecified atom stereocenters. The fraction of sp³-hybridized carbons (Fsp3) is 0.286. The van der Waals surface area contributed by atoms with Crippen LogP contribution in [0.5, 0.6) is 0 Å². The van der Waals surface area contributed by atoms with Crippen molar-refractivity contribution in [2.45, 2.75) is 38.6 Å². The third-order valence-corrected chi connectivity index (χ3v) is 4.93. The lowest BCUT2D eigenvalue weighted by molar-refractivity contribution is -0.119. The van der Waals surface area contributed by atoms with Gasteiger partial charge in [0.05, 0.1) is 11.2 Å². The Hall–Kier alpha value is -2.06. The van der Waals surface area contributed by atoms with E-state index in [-0.39, 0.29) is 5.91 Å². The fourth-order valence-electron chi connectivity index (χ4n) is 3.42. The summed E-state index contributed by atoms with van der Waals surface area (Å²) in [5.74, 6) is -0.0956. The molecular formula is C21H22ClNO. The maximum atomic E-state index is 13.2. The van der Waals surface area contributed by atoms with E-state index in [4.69, 9.17) is 11.6 Å². The summed E-state index contributed by atoms with van der Waals surface area (Å²) in [5, 5.41) is -0.702. The number of amides is 1. The van der Waals surface area contributed by atoms with Crippen LogP contribution in [-0.2, 0) is 4.79 Å². The number of rotatable bonds is 2. The summed E-state index contributed by atoms with van der Waals surface area (Å²) in [6.07, 6.45) is 2.14. The molecule has 0 spiro atoms. The number of carbonyl (C=O) groups excluding carboxylic acids is 1. The van der Waals surface area contributed by atoms with Crippen LogP contribution in [0.25, 0.3) is 5.57 Å². The van der Waals surface area contributed by atoms with Crippen LogP contribution in [0.4, 0.5) is 5.69 Å². The Bertz CT molecular complexity index is 808. The quantitative estimate of drug-likeness (QED) is 0.661. The monoisotopic (exact) mass is 339 g/mol. The summed E-state index contributed by atoms with van der Waals surface area (Å²) < 4.78 is 0. The van der Waals surface area contributed by atoms with Gasteiger partial charge in [-0.2, -0.15) is 0 Å². The van der Waals surface area contributed by atoms with Crippen LogP contribution in [0.2, 0.25) is 0 Å². The zero-order chi connectivity index (χ0) is 17.5. The van der Waals surface area contributed by atoms with Gasteiger partial charge in [0, 0.05) is 5.56 Å². The maximum Gasteiger partial charge on any atom is 0.250 e. The van der Waals surface area contributed by atoms with Crippen molar-refractivity contribution in [2.75, 3.05) is 4.90 Å². The van der Waals surface area contributed by atoms with Crippen molar-refractivity contribution in [3.63, 3.8) is 0 Å². The first-order chi connectivity index (χ1) is 11.3. The van der Waals surface area contributed by atoms with E-state index in [9.17, 15) is 4.79 Å². The molecule has 2 nitrogen and oxygen atoms in total. The van der Waals surface area contributed by atoms with E-state index >= 15 is 0 Å². The second-order valence-corrected chi connectivity index (χ2v) is 7.38. The maximum absolute atomic E-state index is 13.2. The molecule has 1 heterocycles. The summed E-state index contributed by atoms with van der Waals surface area (Å²) in [7, 11) is 0. The van der Waals surface area contributed by atoms with Crippen molar-refractivity contribution in [1.29, 1.82) is 0 Å². The van der Waals surface area contributed by atoms with Gasteiger partial charge in [-0.1, -0.05) is 48.0 Å². The molecule has 3 rings (SSSR count). The molecular weight excluding hydrogens is 318 g/mol. The number of aryl methyl sites for hydroxylation is 1. The summed E-state index contributed by atoms with van der Waals surface area (Å²) in [4.78, 5) is 15.1. The van der Waals surface area contributed by atoms with E-state index < -0.39 is 10.9 Å². The van der Waals surface area contributed by atoms with Crippen LogP contribution in [0.15, 0.2) is 54.6 Å². The number of anilines is 1. The largest absolute Gasteiger partial charge is 0.301 e. The van der Waals surface area contributed by atoms with Gasteiger partial charge in [-0.15, -0.1) is 11.6 Å². The topological polar surface area (TPSA) is 20.3 Å². The highest BCUT2D eigenvalue weighted by molar-refractivity contribution is 6.33. The van der Waals surface area contributed by atoms with Gasteiger partial charge in [0.15, 0.2) is 0 Å². The lowest BCUT2D eigenvalue weighted by Crippen LogP contribution is -2.50. The van der Waals surface area contributed by atoms with Gasteiger partial charge in [0.2, 0.25) is 5.91 Å². The number of allylic oxidation sites excluding steroid dienone is 1. The normalized spacial score (nSPS) is 17.0. The molecule has 1 atom stereocenters. The summed E-state index contributed by atoms with van der Waals surface area (Å²) >= 11 is 6.54. The van der Waals surface area contributed by atoms with Gasteiger partial charge < -0.3 is 4.90 Å². The zero-order valence-corrected chi connectivity index (χ0v) is 15.3. The minimum absolute atomic E-state index is 0.0956. The van der Waals surface area contributed by atoms with E-state index in [1.165, 1.54) is 11.1 Å². The van der Waals surface area contributed by atoms with E-state index in [0.29, 0.717) is 0 Å². The predicted molar refractivity (Wildman–Crippen MR) is 101 cm³/mol. The van der Waals surface area contributed by atoms with Gasteiger partial charge in [0.25, 0.3) is 0 Å². The standard InChI is InChI=1S/C21H22ClNO/c1-14-10-11-18-17(12-14)15(2)13-21(3,4)23(18)20(24)19(22)16-8-6-5-7-9-16/h5-13,19H,1-4H3/t19-/m0/s1. The minimum Gasteiger partial charge on any atom is -0.301 e. The first kappa shape index (κ1) is 16.8. The first-order valence-corrected chi connectivity index (χ1v) is 8.58. The smallest absolute Gasteiger partial charge is 0.250 e. The van der Waals surface area contributed by atoms with Gasteiger partial charge in [-0.25, -0.2) is 0 Å². The van der Waals surface area contributed by atoms with Crippen molar-refractivity contribution < 1.29 is 4.79 Å². The molecule has 124 valence electrons. The van der Waals surface area contributed by atoms with Crippen LogP contribution in [0.1, 0.15) is 42.8 Å². The molecule has 1 aliphatic rings. The fourth-order valence-corrected chi connectivity index (χ4v) is 3.67. The third-order valence-electron chi connectivity index (χ3n) is 4.49. The Balaban J connectivity index is 2.08. The Morgan fingerprint density at radius 2 is 1.75 bits per heavy atom. The zero-order valence-electron chi connectivity index (χ0n) is 14.5. The van der Waals surface area contributed by atoms with Crippen molar-refractivity contribution in [3.8, 4) is 0 Å². The summed E-state index contributed by atoms with van der Waals surface area (Å²) in [6, 6.07) is 15.7. The molecule has 0 saturated heterocycles. The average molecular weight is 340 g/mol. The number of halogens is 1. The van der Waals surface area contributed by atoms with Crippen molar-refractivity contribution in [3.05, 3.63) is 71.3 Å². The Kier molecular flexibility index (Phi) is 4.27. The molecule has 1 aliphatic heterocycles. The molecule has 0 radical (unpaired) electrons. The van der Waals surface area contributed by atoms with E-state index in [1.54, 1.807) is 0 Å². The van der Waals surface area contributed by atoms with Crippen molar-refractivity contribution in [2.24, 2.45) is 0 Å². The van der Waals surface area contributed by atoms with Crippen molar-refractivity contribution in [1.82, 2.24) is 0 Å². The number of carbonyl (C=O) groups is 1. The SMILES string of the molecule is CC1=CC(C)(C)N(C(=O)[C@@H](Cl)c2ccccc2)c2ccc(C)cc21.